The fraction of sp³-hybridized carbons (Fsp3) is 0.333. The van der Waals surface area contributed by atoms with Crippen molar-refractivity contribution in [1.29, 1.82) is 0 Å². The Hall–Kier alpha value is -2.69. The Morgan fingerprint density at radius 2 is 1.88 bits per heavy atom. The van der Waals surface area contributed by atoms with Crippen molar-refractivity contribution in [1.82, 2.24) is 4.90 Å². The third-order valence-corrected chi connectivity index (χ3v) is 5.25. The van der Waals surface area contributed by atoms with Crippen LogP contribution in [0.2, 0.25) is 0 Å². The van der Waals surface area contributed by atoms with Crippen LogP contribution in [0.25, 0.3) is 0 Å². The van der Waals surface area contributed by atoms with E-state index < -0.39 is 6.04 Å². The molecule has 0 unspecified atom stereocenters. The van der Waals surface area contributed by atoms with E-state index >= 15 is 0 Å². The monoisotopic (exact) mass is 352 g/mol. The molecule has 1 atom stereocenters. The minimum atomic E-state index is -0.539. The highest BCUT2D eigenvalue weighted by molar-refractivity contribution is 6.06. The Morgan fingerprint density at radius 3 is 2.73 bits per heavy atom. The lowest BCUT2D eigenvalue weighted by Gasteiger charge is -2.16. The van der Waals surface area contributed by atoms with Crippen LogP contribution in [0, 0.1) is 5.82 Å². The third-order valence-electron chi connectivity index (χ3n) is 5.25. The highest BCUT2D eigenvalue weighted by Gasteiger charge is 2.38. The number of carbonyl (C=O) groups excluding carboxylic acids is 2. The van der Waals surface area contributed by atoms with Gasteiger partial charge in [-0.3, -0.25) is 14.5 Å². The van der Waals surface area contributed by atoms with Crippen LogP contribution in [-0.2, 0) is 28.9 Å². The van der Waals surface area contributed by atoms with Crippen LogP contribution in [0.4, 0.5) is 10.1 Å². The predicted octanol–water partition coefficient (Wildman–Crippen LogP) is 3.10. The minimum absolute atomic E-state index is 0.146. The summed E-state index contributed by atoms with van der Waals surface area (Å²) in [5.41, 5.74) is 4.09. The average molecular weight is 352 g/mol. The Morgan fingerprint density at radius 1 is 1.08 bits per heavy atom. The number of rotatable bonds is 5. The molecule has 2 aliphatic rings. The molecule has 4 rings (SSSR count). The summed E-state index contributed by atoms with van der Waals surface area (Å²) in [6, 6.07) is 12.1. The smallest absolute Gasteiger partial charge is 0.252 e. The van der Waals surface area contributed by atoms with Crippen LogP contribution in [0.15, 0.2) is 42.5 Å². The van der Waals surface area contributed by atoms with E-state index in [4.69, 9.17) is 0 Å². The second-order valence-corrected chi connectivity index (χ2v) is 6.96. The largest absolute Gasteiger partial charge is 0.373 e. The summed E-state index contributed by atoms with van der Waals surface area (Å²) in [5, 5.41) is 3.20. The quantitative estimate of drug-likeness (QED) is 0.842. The van der Waals surface area contributed by atoms with Crippen molar-refractivity contribution in [2.75, 3.05) is 11.9 Å². The fourth-order valence-electron chi connectivity index (χ4n) is 3.83. The van der Waals surface area contributed by atoms with Crippen molar-refractivity contribution in [3.05, 3.63) is 65.0 Å². The molecule has 1 aliphatic heterocycles. The maximum absolute atomic E-state index is 13.7. The van der Waals surface area contributed by atoms with E-state index in [9.17, 15) is 14.0 Å². The van der Waals surface area contributed by atoms with Gasteiger partial charge in [0, 0.05) is 12.2 Å². The number of aryl methyl sites for hydroxylation is 2. The number of fused-ring (bicyclic) bond motifs is 1. The maximum atomic E-state index is 13.7. The van der Waals surface area contributed by atoms with E-state index in [0.29, 0.717) is 12.0 Å². The first kappa shape index (κ1) is 16.8. The van der Waals surface area contributed by atoms with Gasteiger partial charge in [0.1, 0.15) is 11.9 Å². The molecule has 2 aromatic carbocycles. The van der Waals surface area contributed by atoms with E-state index in [-0.39, 0.29) is 30.6 Å². The molecule has 2 amide bonds. The zero-order valence-electron chi connectivity index (χ0n) is 14.5. The summed E-state index contributed by atoms with van der Waals surface area (Å²) >= 11 is 0. The Kier molecular flexibility index (Phi) is 4.45. The van der Waals surface area contributed by atoms with Gasteiger partial charge in [0.05, 0.1) is 6.42 Å². The van der Waals surface area contributed by atoms with Crippen LogP contribution >= 0.6 is 0 Å². The summed E-state index contributed by atoms with van der Waals surface area (Å²) in [7, 11) is 0. The van der Waals surface area contributed by atoms with Gasteiger partial charge in [-0.05, 0) is 60.6 Å². The first-order chi connectivity index (χ1) is 12.6. The number of hydrogen-bond donors (Lipinski definition) is 1. The number of likely N-dealkylation sites (tertiary alicyclic amines) is 1. The molecule has 1 heterocycles. The lowest BCUT2D eigenvalue weighted by molar-refractivity contribution is -0.138. The van der Waals surface area contributed by atoms with Gasteiger partial charge in [0.2, 0.25) is 5.91 Å². The number of anilines is 1. The van der Waals surface area contributed by atoms with E-state index in [1.54, 1.807) is 18.2 Å². The van der Waals surface area contributed by atoms with Crippen molar-refractivity contribution in [2.24, 2.45) is 0 Å². The molecule has 5 heteroatoms. The predicted molar refractivity (Wildman–Crippen MR) is 97.3 cm³/mol. The van der Waals surface area contributed by atoms with Crippen molar-refractivity contribution >= 4 is 17.5 Å². The van der Waals surface area contributed by atoms with Crippen LogP contribution in [0.1, 0.15) is 29.5 Å². The molecule has 134 valence electrons. The molecule has 1 N–H and O–H groups in total. The summed E-state index contributed by atoms with van der Waals surface area (Å²) < 4.78 is 13.7. The first-order valence-corrected chi connectivity index (χ1v) is 9.08. The number of halogens is 1. The van der Waals surface area contributed by atoms with Gasteiger partial charge >= 0.3 is 0 Å². The minimum Gasteiger partial charge on any atom is -0.373 e. The zero-order chi connectivity index (χ0) is 18.1. The topological polar surface area (TPSA) is 49.4 Å². The second-order valence-electron chi connectivity index (χ2n) is 6.96. The molecular formula is C21H21FN2O2. The van der Waals surface area contributed by atoms with Crippen molar-refractivity contribution < 1.29 is 14.0 Å². The van der Waals surface area contributed by atoms with Crippen molar-refractivity contribution in [3.8, 4) is 0 Å². The van der Waals surface area contributed by atoms with Gasteiger partial charge in [0.15, 0.2) is 0 Å². The third kappa shape index (κ3) is 3.21. The summed E-state index contributed by atoms with van der Waals surface area (Å²) in [6.07, 6.45) is 3.82. The number of nitrogens with zero attached hydrogens (tertiary/aromatic N) is 1. The van der Waals surface area contributed by atoms with Gasteiger partial charge in [-0.1, -0.05) is 24.3 Å². The molecule has 4 nitrogen and oxygen atoms in total. The van der Waals surface area contributed by atoms with Crippen LogP contribution in [0.5, 0.6) is 0 Å². The molecule has 0 bridgehead atoms. The summed E-state index contributed by atoms with van der Waals surface area (Å²) in [4.78, 5) is 26.1. The number of amides is 2. The lowest BCUT2D eigenvalue weighted by Crippen LogP contribution is -2.36. The normalized spacial score (nSPS) is 19.1. The number of hydrogen-bond acceptors (Lipinski definition) is 3. The SMILES string of the molecule is O=C1C[C@@H](Nc2ccc3c(c2)CCC3)C(=O)N1CCc1ccccc1F. The molecule has 0 spiro atoms. The Balaban J connectivity index is 1.41. The number of carbonyl (C=O) groups is 2. The van der Waals surface area contributed by atoms with E-state index in [1.807, 2.05) is 6.07 Å². The molecule has 1 saturated heterocycles. The molecule has 0 aromatic heterocycles. The van der Waals surface area contributed by atoms with E-state index in [1.165, 1.54) is 28.5 Å². The highest BCUT2D eigenvalue weighted by atomic mass is 19.1. The molecule has 26 heavy (non-hydrogen) atoms. The van der Waals surface area contributed by atoms with Gasteiger partial charge in [-0.2, -0.15) is 0 Å². The van der Waals surface area contributed by atoms with Crippen molar-refractivity contribution in [2.45, 2.75) is 38.1 Å². The van der Waals surface area contributed by atoms with E-state index in [0.717, 1.165) is 18.5 Å². The molecule has 1 aliphatic carbocycles. The van der Waals surface area contributed by atoms with Crippen molar-refractivity contribution in [3.63, 3.8) is 0 Å². The Labute approximate surface area is 152 Å². The maximum Gasteiger partial charge on any atom is 0.252 e. The number of imide groups is 1. The van der Waals surface area contributed by atoms with Gasteiger partial charge in [0.25, 0.3) is 5.91 Å². The molecule has 0 saturated carbocycles. The van der Waals surface area contributed by atoms with E-state index in [2.05, 4.69) is 17.4 Å². The fourth-order valence-corrected chi connectivity index (χ4v) is 3.83. The zero-order valence-corrected chi connectivity index (χ0v) is 14.5. The van der Waals surface area contributed by atoms with Crippen LogP contribution in [0.3, 0.4) is 0 Å². The highest BCUT2D eigenvalue weighted by Crippen LogP contribution is 2.26. The lowest BCUT2D eigenvalue weighted by atomic mass is 10.1. The van der Waals surface area contributed by atoms with Crippen LogP contribution < -0.4 is 5.32 Å². The first-order valence-electron chi connectivity index (χ1n) is 9.08. The number of benzene rings is 2. The van der Waals surface area contributed by atoms with Gasteiger partial charge in [-0.15, -0.1) is 0 Å². The van der Waals surface area contributed by atoms with Gasteiger partial charge < -0.3 is 5.32 Å². The standard InChI is InChI=1S/C21H21FN2O2/c22-18-7-2-1-4-15(18)10-11-24-20(25)13-19(21(24)26)23-17-9-8-14-5-3-6-16(14)12-17/h1-2,4,7-9,12,19,23H,3,5-6,10-11,13H2/t19-/m1/s1. The average Bonchev–Trinajstić information content (AvgIpc) is 3.19. The molecule has 2 aromatic rings. The molecule has 1 fully saturated rings. The number of nitrogens with one attached hydrogen (secondary N) is 1. The summed E-state index contributed by atoms with van der Waals surface area (Å²) in [6.45, 7) is 0.209. The second kappa shape index (κ2) is 6.90. The molecular weight excluding hydrogens is 331 g/mol. The molecule has 0 radical (unpaired) electrons. The summed E-state index contributed by atoms with van der Waals surface area (Å²) in [5.74, 6) is -0.740. The van der Waals surface area contributed by atoms with Gasteiger partial charge in [-0.25, -0.2) is 4.39 Å². The Bertz CT molecular complexity index is 865. The van der Waals surface area contributed by atoms with Crippen LogP contribution in [-0.4, -0.2) is 29.3 Å².